The summed E-state index contributed by atoms with van der Waals surface area (Å²) in [4.78, 5) is 0. The molecule has 0 saturated carbocycles. The summed E-state index contributed by atoms with van der Waals surface area (Å²) in [6.07, 6.45) is 0.511. The lowest BCUT2D eigenvalue weighted by atomic mass is 10.0. The van der Waals surface area contributed by atoms with E-state index in [4.69, 9.17) is 15.6 Å². The molecular weight excluding hydrogens is 146 g/mol. The second kappa shape index (κ2) is 4.01. The molecule has 1 saturated heterocycles. The molecule has 1 fully saturated rings. The van der Waals surface area contributed by atoms with Crippen molar-refractivity contribution < 1.29 is 14.9 Å². The average molecular weight is 161 g/mol. The van der Waals surface area contributed by atoms with Gasteiger partial charge in [0, 0.05) is 6.54 Å². The zero-order valence-corrected chi connectivity index (χ0v) is 6.44. The highest BCUT2D eigenvalue weighted by molar-refractivity contribution is 4.78. The Hall–Kier alpha value is -0.160. The first-order chi connectivity index (χ1) is 5.27. The Morgan fingerprint density at radius 1 is 1.45 bits per heavy atom. The molecule has 1 aliphatic rings. The Morgan fingerprint density at radius 2 is 2.18 bits per heavy atom. The van der Waals surface area contributed by atoms with Crippen LogP contribution in [0.15, 0.2) is 0 Å². The highest BCUT2D eigenvalue weighted by atomic mass is 16.5. The van der Waals surface area contributed by atoms with E-state index < -0.39 is 12.2 Å². The number of ether oxygens (including phenoxy) is 1. The molecule has 0 spiro atoms. The summed E-state index contributed by atoms with van der Waals surface area (Å²) in [5, 5.41) is 18.0. The van der Waals surface area contributed by atoms with E-state index in [0.717, 1.165) is 6.42 Å². The number of aliphatic hydroxyl groups is 2. The Bertz CT molecular complexity index is 120. The van der Waals surface area contributed by atoms with Crippen LogP contribution in [0.25, 0.3) is 0 Å². The third kappa shape index (κ3) is 2.13. The van der Waals surface area contributed by atoms with Gasteiger partial charge in [0.15, 0.2) is 0 Å². The minimum Gasteiger partial charge on any atom is -0.394 e. The molecular formula is C7H15NO3. The van der Waals surface area contributed by atoms with Crippen molar-refractivity contribution in [3.05, 3.63) is 0 Å². The van der Waals surface area contributed by atoms with Crippen LogP contribution in [-0.4, -0.2) is 41.7 Å². The van der Waals surface area contributed by atoms with Crippen molar-refractivity contribution >= 4 is 0 Å². The second-order valence-corrected chi connectivity index (χ2v) is 2.86. The monoisotopic (exact) mass is 161 g/mol. The van der Waals surface area contributed by atoms with Crippen molar-refractivity contribution in [2.24, 2.45) is 5.73 Å². The SMILES string of the molecule is NC[C@@H]1CC[C@H](O)[C@@H](CO)O1. The molecule has 0 unspecified atom stereocenters. The smallest absolute Gasteiger partial charge is 0.107 e. The maximum Gasteiger partial charge on any atom is 0.107 e. The summed E-state index contributed by atoms with van der Waals surface area (Å²) in [6.45, 7) is 0.334. The van der Waals surface area contributed by atoms with Gasteiger partial charge in [0.2, 0.25) is 0 Å². The molecule has 3 atom stereocenters. The number of hydrogen-bond donors (Lipinski definition) is 3. The fourth-order valence-corrected chi connectivity index (χ4v) is 1.29. The molecule has 0 bridgehead atoms. The third-order valence-corrected chi connectivity index (χ3v) is 2.02. The maximum absolute atomic E-state index is 9.26. The molecule has 1 heterocycles. The summed E-state index contributed by atoms with van der Waals surface area (Å²) >= 11 is 0. The maximum atomic E-state index is 9.26. The van der Waals surface area contributed by atoms with Crippen LogP contribution in [0, 0.1) is 0 Å². The minimum absolute atomic E-state index is 0.00977. The van der Waals surface area contributed by atoms with E-state index >= 15 is 0 Å². The summed E-state index contributed by atoms with van der Waals surface area (Å²) in [5.41, 5.74) is 5.38. The van der Waals surface area contributed by atoms with Gasteiger partial charge in [0.25, 0.3) is 0 Å². The van der Waals surface area contributed by atoms with Crippen molar-refractivity contribution in [3.63, 3.8) is 0 Å². The van der Waals surface area contributed by atoms with Gasteiger partial charge < -0.3 is 20.7 Å². The topological polar surface area (TPSA) is 75.7 Å². The summed E-state index contributed by atoms with van der Waals surface area (Å²) < 4.78 is 5.27. The van der Waals surface area contributed by atoms with Crippen LogP contribution in [0.2, 0.25) is 0 Å². The first-order valence-corrected chi connectivity index (χ1v) is 3.92. The van der Waals surface area contributed by atoms with E-state index in [2.05, 4.69) is 0 Å². The molecule has 0 aliphatic carbocycles. The van der Waals surface area contributed by atoms with Crippen molar-refractivity contribution in [1.29, 1.82) is 0 Å². The predicted octanol–water partition coefficient (Wildman–Crippen LogP) is -1.15. The molecule has 66 valence electrons. The van der Waals surface area contributed by atoms with Crippen molar-refractivity contribution in [1.82, 2.24) is 0 Å². The number of rotatable bonds is 2. The molecule has 11 heavy (non-hydrogen) atoms. The van der Waals surface area contributed by atoms with Crippen LogP contribution < -0.4 is 5.73 Å². The number of aliphatic hydroxyl groups excluding tert-OH is 2. The molecule has 0 radical (unpaired) electrons. The lowest BCUT2D eigenvalue weighted by Gasteiger charge is -2.32. The van der Waals surface area contributed by atoms with Gasteiger partial charge >= 0.3 is 0 Å². The fraction of sp³-hybridized carbons (Fsp3) is 1.00. The zero-order chi connectivity index (χ0) is 8.27. The summed E-state index contributed by atoms with van der Waals surface area (Å²) in [7, 11) is 0. The van der Waals surface area contributed by atoms with Crippen LogP contribution >= 0.6 is 0 Å². The molecule has 1 rings (SSSR count). The lowest BCUT2D eigenvalue weighted by Crippen LogP contribution is -2.43. The van der Waals surface area contributed by atoms with Crippen molar-refractivity contribution in [2.45, 2.75) is 31.2 Å². The Balaban J connectivity index is 2.37. The highest BCUT2D eigenvalue weighted by Gasteiger charge is 2.28. The van der Waals surface area contributed by atoms with Crippen molar-refractivity contribution in [2.75, 3.05) is 13.2 Å². The van der Waals surface area contributed by atoms with Crippen LogP contribution in [0.5, 0.6) is 0 Å². The van der Waals surface area contributed by atoms with Gasteiger partial charge in [-0.05, 0) is 12.8 Å². The molecule has 4 heteroatoms. The average Bonchev–Trinajstić information content (AvgIpc) is 2.05. The second-order valence-electron chi connectivity index (χ2n) is 2.86. The van der Waals surface area contributed by atoms with E-state index in [1.54, 1.807) is 0 Å². The Labute approximate surface area is 66.0 Å². The van der Waals surface area contributed by atoms with Gasteiger partial charge in [-0.1, -0.05) is 0 Å². The normalized spacial score (nSPS) is 39.0. The van der Waals surface area contributed by atoms with Crippen LogP contribution in [0.3, 0.4) is 0 Å². The van der Waals surface area contributed by atoms with Gasteiger partial charge in [0.1, 0.15) is 6.10 Å². The van der Waals surface area contributed by atoms with E-state index in [1.807, 2.05) is 0 Å². The Kier molecular flexibility index (Phi) is 3.26. The van der Waals surface area contributed by atoms with Gasteiger partial charge in [-0.2, -0.15) is 0 Å². The van der Waals surface area contributed by atoms with Gasteiger partial charge in [-0.15, -0.1) is 0 Å². The molecule has 0 aromatic carbocycles. The van der Waals surface area contributed by atoms with Crippen molar-refractivity contribution in [3.8, 4) is 0 Å². The van der Waals surface area contributed by atoms with E-state index in [-0.39, 0.29) is 12.7 Å². The van der Waals surface area contributed by atoms with Gasteiger partial charge in [-0.25, -0.2) is 0 Å². The van der Waals surface area contributed by atoms with Crippen LogP contribution in [0.1, 0.15) is 12.8 Å². The molecule has 1 aliphatic heterocycles. The zero-order valence-electron chi connectivity index (χ0n) is 6.44. The Morgan fingerprint density at radius 3 is 2.73 bits per heavy atom. The largest absolute Gasteiger partial charge is 0.394 e. The molecule has 0 aromatic rings. The van der Waals surface area contributed by atoms with E-state index in [9.17, 15) is 5.11 Å². The summed E-state index contributed by atoms with van der Waals surface area (Å²) in [6, 6.07) is 0. The molecule has 4 N–H and O–H groups in total. The predicted molar refractivity (Wildman–Crippen MR) is 40.0 cm³/mol. The lowest BCUT2D eigenvalue weighted by molar-refractivity contribution is -0.130. The highest BCUT2D eigenvalue weighted by Crippen LogP contribution is 2.18. The standard InChI is InChI=1S/C7H15NO3/c8-3-5-1-2-6(10)7(4-9)11-5/h5-7,9-10H,1-4,8H2/t5-,6-,7+/m0/s1. The first kappa shape index (κ1) is 8.93. The van der Waals surface area contributed by atoms with Gasteiger partial charge in [0.05, 0.1) is 18.8 Å². The number of nitrogens with two attached hydrogens (primary N) is 1. The first-order valence-electron chi connectivity index (χ1n) is 3.92. The summed E-state index contributed by atoms with van der Waals surface area (Å²) in [5.74, 6) is 0. The molecule has 4 nitrogen and oxygen atoms in total. The van der Waals surface area contributed by atoms with E-state index in [0.29, 0.717) is 13.0 Å². The van der Waals surface area contributed by atoms with Crippen LogP contribution in [0.4, 0.5) is 0 Å². The van der Waals surface area contributed by atoms with Gasteiger partial charge in [-0.3, -0.25) is 0 Å². The molecule has 0 aromatic heterocycles. The number of hydrogen-bond acceptors (Lipinski definition) is 4. The van der Waals surface area contributed by atoms with E-state index in [1.165, 1.54) is 0 Å². The van der Waals surface area contributed by atoms with Crippen LogP contribution in [-0.2, 0) is 4.74 Å². The minimum atomic E-state index is -0.525. The fourth-order valence-electron chi connectivity index (χ4n) is 1.29. The third-order valence-electron chi connectivity index (χ3n) is 2.02. The molecule has 0 amide bonds. The quantitative estimate of drug-likeness (QED) is 0.478.